The Hall–Kier alpha value is -1.61. The van der Waals surface area contributed by atoms with E-state index in [0.717, 1.165) is 19.4 Å². The maximum Gasteiger partial charge on any atom is 0.0718 e. The van der Waals surface area contributed by atoms with E-state index in [1.54, 1.807) is 0 Å². The molecule has 3 rings (SSSR count). The summed E-state index contributed by atoms with van der Waals surface area (Å²) in [4.78, 5) is 0. The molecule has 1 aliphatic heterocycles. The molecule has 0 saturated heterocycles. The minimum atomic E-state index is 0.574. The van der Waals surface area contributed by atoms with Crippen LogP contribution in [-0.4, -0.2) is 16.3 Å². The van der Waals surface area contributed by atoms with E-state index in [-0.39, 0.29) is 0 Å². The third-order valence-electron chi connectivity index (χ3n) is 4.16. The van der Waals surface area contributed by atoms with Gasteiger partial charge in [-0.15, -0.1) is 0 Å². The second-order valence-corrected chi connectivity index (χ2v) is 5.91. The quantitative estimate of drug-likeness (QED) is 0.926. The summed E-state index contributed by atoms with van der Waals surface area (Å²) in [6.45, 7) is 6.17. The Kier molecular flexibility index (Phi) is 3.62. The van der Waals surface area contributed by atoms with Crippen LogP contribution < -0.4 is 5.73 Å². The van der Waals surface area contributed by atoms with Gasteiger partial charge in [-0.1, -0.05) is 38.1 Å². The number of nitrogens with two attached hydrogens (primary N) is 1. The van der Waals surface area contributed by atoms with Gasteiger partial charge in [-0.2, -0.15) is 5.10 Å². The number of aromatic nitrogens is 2. The van der Waals surface area contributed by atoms with Crippen LogP contribution in [0, 0.1) is 0 Å². The van der Waals surface area contributed by atoms with Gasteiger partial charge < -0.3 is 5.73 Å². The average molecular weight is 269 g/mol. The maximum absolute atomic E-state index is 5.74. The molecule has 0 amide bonds. The molecule has 0 aliphatic carbocycles. The molecule has 0 radical (unpaired) electrons. The number of benzene rings is 1. The van der Waals surface area contributed by atoms with Crippen molar-refractivity contribution in [2.45, 2.75) is 45.6 Å². The molecule has 20 heavy (non-hydrogen) atoms. The van der Waals surface area contributed by atoms with Crippen LogP contribution in [0.25, 0.3) is 11.1 Å². The van der Waals surface area contributed by atoms with Crippen molar-refractivity contribution in [1.82, 2.24) is 9.78 Å². The van der Waals surface area contributed by atoms with E-state index in [4.69, 9.17) is 10.8 Å². The van der Waals surface area contributed by atoms with E-state index < -0.39 is 0 Å². The second-order valence-electron chi connectivity index (χ2n) is 5.91. The Balaban J connectivity index is 2.04. The van der Waals surface area contributed by atoms with Gasteiger partial charge in [0.1, 0.15) is 0 Å². The Labute approximate surface area is 120 Å². The molecule has 1 aromatic carbocycles. The van der Waals surface area contributed by atoms with E-state index in [1.807, 2.05) is 0 Å². The topological polar surface area (TPSA) is 43.8 Å². The van der Waals surface area contributed by atoms with Crippen molar-refractivity contribution in [1.29, 1.82) is 0 Å². The van der Waals surface area contributed by atoms with E-state index in [9.17, 15) is 0 Å². The van der Waals surface area contributed by atoms with E-state index in [2.05, 4.69) is 42.8 Å². The Morgan fingerprint density at radius 1 is 1.25 bits per heavy atom. The molecule has 0 bridgehead atoms. The van der Waals surface area contributed by atoms with Crippen LogP contribution in [-0.2, 0) is 19.4 Å². The third-order valence-corrected chi connectivity index (χ3v) is 4.16. The predicted molar refractivity (Wildman–Crippen MR) is 82.8 cm³/mol. The smallest absolute Gasteiger partial charge is 0.0718 e. The van der Waals surface area contributed by atoms with Crippen LogP contribution in [0.2, 0.25) is 0 Å². The first-order valence-corrected chi connectivity index (χ1v) is 7.59. The van der Waals surface area contributed by atoms with E-state index in [1.165, 1.54) is 34.5 Å². The summed E-state index contributed by atoms with van der Waals surface area (Å²) in [6.07, 6.45) is 3.21. The van der Waals surface area contributed by atoms with Crippen LogP contribution in [0.1, 0.15) is 43.1 Å². The number of aryl methyl sites for hydroxylation is 1. The summed E-state index contributed by atoms with van der Waals surface area (Å²) in [6, 6.07) is 8.97. The van der Waals surface area contributed by atoms with Crippen LogP contribution in [0.15, 0.2) is 24.3 Å². The van der Waals surface area contributed by atoms with Gasteiger partial charge in [0, 0.05) is 24.2 Å². The molecule has 2 N–H and O–H groups in total. The minimum absolute atomic E-state index is 0.574. The molecule has 106 valence electrons. The van der Waals surface area contributed by atoms with Gasteiger partial charge in [-0.25, -0.2) is 0 Å². The molecule has 3 heteroatoms. The third kappa shape index (κ3) is 2.27. The molecule has 1 aromatic heterocycles. The monoisotopic (exact) mass is 269 g/mol. The zero-order chi connectivity index (χ0) is 14.1. The van der Waals surface area contributed by atoms with Gasteiger partial charge in [0.25, 0.3) is 0 Å². The van der Waals surface area contributed by atoms with Gasteiger partial charge in [0.15, 0.2) is 0 Å². The molecule has 0 fully saturated rings. The first kappa shape index (κ1) is 13.4. The second kappa shape index (κ2) is 5.41. The van der Waals surface area contributed by atoms with E-state index in [0.29, 0.717) is 12.5 Å². The fourth-order valence-electron chi connectivity index (χ4n) is 3.07. The molecule has 1 aliphatic rings. The predicted octanol–water partition coefficient (Wildman–Crippen LogP) is 3.12. The standard InChI is InChI=1S/C17H23N3/c1-12(2)13-5-7-14(8-6-13)17-15(9-10-18)19-20-11-3-4-16(17)20/h5-8,12H,3-4,9-11,18H2,1-2H3. The van der Waals surface area contributed by atoms with Crippen LogP contribution in [0.3, 0.4) is 0 Å². The Morgan fingerprint density at radius 2 is 2.00 bits per heavy atom. The summed E-state index contributed by atoms with van der Waals surface area (Å²) in [5, 5.41) is 4.75. The number of hydrogen-bond donors (Lipinski definition) is 1. The van der Waals surface area contributed by atoms with Gasteiger partial charge in [-0.3, -0.25) is 4.68 Å². The van der Waals surface area contributed by atoms with Crippen LogP contribution in [0.5, 0.6) is 0 Å². The van der Waals surface area contributed by atoms with Gasteiger partial charge in [-0.05, 0) is 36.4 Å². The summed E-state index contributed by atoms with van der Waals surface area (Å²) in [5.41, 5.74) is 12.3. The highest BCUT2D eigenvalue weighted by molar-refractivity contribution is 5.69. The first-order chi connectivity index (χ1) is 9.70. The van der Waals surface area contributed by atoms with Crippen molar-refractivity contribution < 1.29 is 0 Å². The number of hydrogen-bond acceptors (Lipinski definition) is 2. The minimum Gasteiger partial charge on any atom is -0.330 e. The van der Waals surface area contributed by atoms with Crippen molar-refractivity contribution in [3.63, 3.8) is 0 Å². The van der Waals surface area contributed by atoms with Gasteiger partial charge >= 0.3 is 0 Å². The zero-order valence-corrected chi connectivity index (χ0v) is 12.4. The summed E-state index contributed by atoms with van der Waals surface area (Å²) in [5.74, 6) is 0.574. The lowest BCUT2D eigenvalue weighted by Gasteiger charge is -2.08. The summed E-state index contributed by atoms with van der Waals surface area (Å²) < 4.78 is 2.18. The number of rotatable bonds is 4. The highest BCUT2D eigenvalue weighted by atomic mass is 15.3. The lowest BCUT2D eigenvalue weighted by atomic mass is 9.96. The molecular weight excluding hydrogens is 246 g/mol. The van der Waals surface area contributed by atoms with Crippen molar-refractivity contribution in [2.75, 3.05) is 6.54 Å². The number of nitrogens with zero attached hydrogens (tertiary/aromatic N) is 2. The molecule has 0 saturated carbocycles. The normalized spacial score (nSPS) is 14.0. The number of fused-ring (bicyclic) bond motifs is 1. The largest absolute Gasteiger partial charge is 0.330 e. The molecule has 0 atom stereocenters. The summed E-state index contributed by atoms with van der Waals surface area (Å²) >= 11 is 0. The van der Waals surface area contributed by atoms with Gasteiger partial charge in [0.2, 0.25) is 0 Å². The fourth-order valence-corrected chi connectivity index (χ4v) is 3.07. The Morgan fingerprint density at radius 3 is 2.65 bits per heavy atom. The lowest BCUT2D eigenvalue weighted by Crippen LogP contribution is -2.05. The van der Waals surface area contributed by atoms with Crippen molar-refractivity contribution in [3.05, 3.63) is 41.2 Å². The SMILES string of the molecule is CC(C)c1ccc(-c2c(CCN)nn3c2CCC3)cc1. The van der Waals surface area contributed by atoms with Crippen molar-refractivity contribution in [3.8, 4) is 11.1 Å². The molecule has 3 nitrogen and oxygen atoms in total. The Bertz CT molecular complexity index is 593. The van der Waals surface area contributed by atoms with Crippen molar-refractivity contribution in [2.24, 2.45) is 5.73 Å². The van der Waals surface area contributed by atoms with Crippen LogP contribution >= 0.6 is 0 Å². The van der Waals surface area contributed by atoms with Crippen LogP contribution in [0.4, 0.5) is 0 Å². The molecule has 0 unspecified atom stereocenters. The highest BCUT2D eigenvalue weighted by Crippen LogP contribution is 2.32. The maximum atomic E-state index is 5.74. The average Bonchev–Trinajstić information content (AvgIpc) is 2.99. The fraction of sp³-hybridized carbons (Fsp3) is 0.471. The highest BCUT2D eigenvalue weighted by Gasteiger charge is 2.22. The zero-order valence-electron chi connectivity index (χ0n) is 12.4. The lowest BCUT2D eigenvalue weighted by molar-refractivity contribution is 0.643. The first-order valence-electron chi connectivity index (χ1n) is 7.59. The molecule has 0 spiro atoms. The summed E-state index contributed by atoms with van der Waals surface area (Å²) in [7, 11) is 0. The van der Waals surface area contributed by atoms with E-state index >= 15 is 0 Å². The van der Waals surface area contributed by atoms with Crippen molar-refractivity contribution >= 4 is 0 Å². The van der Waals surface area contributed by atoms with Gasteiger partial charge in [0.05, 0.1) is 5.69 Å². The molecule has 2 aromatic rings. The molecular formula is C17H23N3. The molecule has 2 heterocycles.